The molecule has 1 aliphatic rings. The summed E-state index contributed by atoms with van der Waals surface area (Å²) in [6.45, 7) is 1.83. The van der Waals surface area contributed by atoms with Gasteiger partial charge in [-0.2, -0.15) is 5.10 Å². The first-order valence-electron chi connectivity index (χ1n) is 4.88. The standard InChI is InChI=1S/C10H13ClN2O2/c1-6-8(11)7(13(2)12-6)5-10(3-4-10)9(14)15/h3-5H2,1-2H3,(H,14,15). The van der Waals surface area contributed by atoms with Crippen molar-refractivity contribution in [3.8, 4) is 0 Å². The van der Waals surface area contributed by atoms with Crippen molar-refractivity contribution in [2.24, 2.45) is 12.5 Å². The molecule has 1 saturated carbocycles. The molecule has 1 aromatic heterocycles. The van der Waals surface area contributed by atoms with Gasteiger partial charge < -0.3 is 5.11 Å². The third-order valence-electron chi connectivity index (χ3n) is 3.07. The first-order chi connectivity index (χ1) is 6.96. The van der Waals surface area contributed by atoms with Crippen LogP contribution in [0.3, 0.4) is 0 Å². The van der Waals surface area contributed by atoms with Crippen molar-refractivity contribution in [3.63, 3.8) is 0 Å². The van der Waals surface area contributed by atoms with Crippen molar-refractivity contribution < 1.29 is 9.90 Å². The summed E-state index contributed by atoms with van der Waals surface area (Å²) in [6, 6.07) is 0. The normalized spacial score (nSPS) is 17.8. The molecule has 0 aliphatic heterocycles. The number of carboxylic acid groups (broad SMARTS) is 1. The van der Waals surface area contributed by atoms with Crippen LogP contribution in [0.2, 0.25) is 5.02 Å². The summed E-state index contributed by atoms with van der Waals surface area (Å²) >= 11 is 6.08. The predicted octanol–water partition coefficient (Wildman–Crippen LogP) is 1.79. The van der Waals surface area contributed by atoms with Crippen LogP contribution in [0.15, 0.2) is 0 Å². The van der Waals surface area contributed by atoms with Crippen LogP contribution in [0.5, 0.6) is 0 Å². The molecule has 4 nitrogen and oxygen atoms in total. The number of aromatic nitrogens is 2. The molecule has 0 radical (unpaired) electrons. The molecule has 5 heteroatoms. The summed E-state index contributed by atoms with van der Waals surface area (Å²) < 4.78 is 1.68. The Bertz CT molecular complexity index is 421. The van der Waals surface area contributed by atoms with Crippen molar-refractivity contribution >= 4 is 17.6 Å². The molecule has 0 aromatic carbocycles. The number of aliphatic carboxylic acids is 1. The molecule has 82 valence electrons. The topological polar surface area (TPSA) is 55.1 Å². The Hall–Kier alpha value is -1.03. The van der Waals surface area contributed by atoms with E-state index in [1.165, 1.54) is 0 Å². The largest absolute Gasteiger partial charge is 0.481 e. The number of hydrogen-bond acceptors (Lipinski definition) is 2. The zero-order valence-electron chi connectivity index (χ0n) is 8.75. The van der Waals surface area contributed by atoms with Gasteiger partial charge in [-0.3, -0.25) is 9.48 Å². The number of hydrogen-bond donors (Lipinski definition) is 1. The van der Waals surface area contributed by atoms with Gasteiger partial charge in [0, 0.05) is 13.5 Å². The minimum atomic E-state index is -0.725. The van der Waals surface area contributed by atoms with Crippen LogP contribution in [0.4, 0.5) is 0 Å². The van der Waals surface area contributed by atoms with Gasteiger partial charge in [-0.15, -0.1) is 0 Å². The van der Waals surface area contributed by atoms with E-state index in [-0.39, 0.29) is 0 Å². The zero-order chi connectivity index (χ0) is 11.2. The molecule has 0 atom stereocenters. The molecule has 1 N–H and O–H groups in total. The Labute approximate surface area is 92.8 Å². The zero-order valence-corrected chi connectivity index (χ0v) is 9.51. The predicted molar refractivity (Wildman–Crippen MR) is 56.0 cm³/mol. The Balaban J connectivity index is 2.28. The SMILES string of the molecule is Cc1nn(C)c(CC2(C(=O)O)CC2)c1Cl. The Morgan fingerprint density at radius 3 is 2.60 bits per heavy atom. The van der Waals surface area contributed by atoms with E-state index < -0.39 is 11.4 Å². The van der Waals surface area contributed by atoms with E-state index in [1.54, 1.807) is 11.7 Å². The highest BCUT2D eigenvalue weighted by Gasteiger charge is 2.51. The molecule has 0 amide bonds. The third kappa shape index (κ3) is 1.63. The van der Waals surface area contributed by atoms with Crippen molar-refractivity contribution in [1.29, 1.82) is 0 Å². The van der Waals surface area contributed by atoms with Crippen LogP contribution in [0.25, 0.3) is 0 Å². The van der Waals surface area contributed by atoms with E-state index in [0.29, 0.717) is 11.4 Å². The maximum Gasteiger partial charge on any atom is 0.310 e. The molecule has 0 unspecified atom stereocenters. The second-order valence-corrected chi connectivity index (χ2v) is 4.61. The second-order valence-electron chi connectivity index (χ2n) is 4.23. The third-order valence-corrected chi connectivity index (χ3v) is 3.57. The summed E-state index contributed by atoms with van der Waals surface area (Å²) in [4.78, 5) is 11.0. The van der Waals surface area contributed by atoms with E-state index >= 15 is 0 Å². The van der Waals surface area contributed by atoms with Gasteiger partial charge in [-0.25, -0.2) is 0 Å². The lowest BCUT2D eigenvalue weighted by Crippen LogP contribution is -2.19. The van der Waals surface area contributed by atoms with E-state index in [0.717, 1.165) is 24.2 Å². The fourth-order valence-corrected chi connectivity index (χ4v) is 2.04. The lowest BCUT2D eigenvalue weighted by Gasteiger charge is -2.09. The second kappa shape index (κ2) is 3.23. The van der Waals surface area contributed by atoms with Gasteiger partial charge in [0.05, 0.1) is 21.8 Å². The number of carbonyl (C=O) groups is 1. The van der Waals surface area contributed by atoms with Crippen molar-refractivity contribution in [2.45, 2.75) is 26.2 Å². The highest BCUT2D eigenvalue weighted by molar-refractivity contribution is 6.31. The summed E-state index contributed by atoms with van der Waals surface area (Å²) in [5.41, 5.74) is 1.01. The Morgan fingerprint density at radius 1 is 1.67 bits per heavy atom. The van der Waals surface area contributed by atoms with Crippen LogP contribution in [0, 0.1) is 12.3 Å². The minimum Gasteiger partial charge on any atom is -0.481 e. The van der Waals surface area contributed by atoms with Gasteiger partial charge >= 0.3 is 5.97 Å². The lowest BCUT2D eigenvalue weighted by atomic mass is 10.0. The molecule has 1 fully saturated rings. The fraction of sp³-hybridized carbons (Fsp3) is 0.600. The van der Waals surface area contributed by atoms with Crippen molar-refractivity contribution in [1.82, 2.24) is 9.78 Å². The molecule has 1 aromatic rings. The smallest absolute Gasteiger partial charge is 0.310 e. The van der Waals surface area contributed by atoms with Crippen LogP contribution in [-0.2, 0) is 18.3 Å². The summed E-state index contributed by atoms with van der Waals surface area (Å²) in [5.74, 6) is -0.725. The monoisotopic (exact) mass is 228 g/mol. The number of rotatable bonds is 3. The number of halogens is 1. The molecule has 2 rings (SSSR count). The molecule has 0 bridgehead atoms. The van der Waals surface area contributed by atoms with Crippen LogP contribution in [-0.4, -0.2) is 20.9 Å². The molecule has 15 heavy (non-hydrogen) atoms. The first kappa shape index (κ1) is 10.5. The summed E-state index contributed by atoms with van der Waals surface area (Å²) in [5, 5.41) is 13.9. The molecular formula is C10H13ClN2O2. The number of aryl methyl sites for hydroxylation is 2. The quantitative estimate of drug-likeness (QED) is 0.858. The van der Waals surface area contributed by atoms with Crippen LogP contribution >= 0.6 is 11.6 Å². The average Bonchev–Trinajstić information content (AvgIpc) is 2.89. The van der Waals surface area contributed by atoms with Gasteiger partial charge in [0.25, 0.3) is 0 Å². The van der Waals surface area contributed by atoms with Crippen LogP contribution < -0.4 is 0 Å². The highest BCUT2D eigenvalue weighted by atomic mass is 35.5. The van der Waals surface area contributed by atoms with Crippen LogP contribution in [0.1, 0.15) is 24.2 Å². The van der Waals surface area contributed by atoms with E-state index in [9.17, 15) is 4.79 Å². The first-order valence-corrected chi connectivity index (χ1v) is 5.25. The molecule has 1 aliphatic carbocycles. The van der Waals surface area contributed by atoms with Gasteiger partial charge in [-0.1, -0.05) is 11.6 Å². The van der Waals surface area contributed by atoms with E-state index in [4.69, 9.17) is 16.7 Å². The van der Waals surface area contributed by atoms with E-state index in [2.05, 4.69) is 5.10 Å². The van der Waals surface area contributed by atoms with Crippen molar-refractivity contribution in [2.75, 3.05) is 0 Å². The average molecular weight is 229 g/mol. The molecule has 0 saturated heterocycles. The fourth-order valence-electron chi connectivity index (χ4n) is 1.81. The van der Waals surface area contributed by atoms with E-state index in [1.807, 2.05) is 6.92 Å². The minimum absolute atomic E-state index is 0.485. The molecule has 0 spiro atoms. The maximum absolute atomic E-state index is 11.0. The van der Waals surface area contributed by atoms with Crippen molar-refractivity contribution in [3.05, 3.63) is 16.4 Å². The van der Waals surface area contributed by atoms with Gasteiger partial charge in [0.1, 0.15) is 0 Å². The maximum atomic E-state index is 11.0. The van der Waals surface area contributed by atoms with Gasteiger partial charge in [0.15, 0.2) is 0 Å². The number of carboxylic acids is 1. The Morgan fingerprint density at radius 2 is 2.27 bits per heavy atom. The number of nitrogens with zero attached hydrogens (tertiary/aromatic N) is 2. The summed E-state index contributed by atoms with van der Waals surface area (Å²) in [7, 11) is 1.80. The molecule has 1 heterocycles. The van der Waals surface area contributed by atoms with Gasteiger partial charge in [0.2, 0.25) is 0 Å². The van der Waals surface area contributed by atoms with Gasteiger partial charge in [-0.05, 0) is 19.8 Å². The molecular weight excluding hydrogens is 216 g/mol. The highest BCUT2D eigenvalue weighted by Crippen LogP contribution is 2.49. The summed E-state index contributed by atoms with van der Waals surface area (Å²) in [6.07, 6.45) is 1.96. The lowest BCUT2D eigenvalue weighted by molar-refractivity contribution is -0.143. The Kier molecular flexibility index (Phi) is 2.26.